The molecule has 0 saturated heterocycles. The van der Waals surface area contributed by atoms with Crippen LogP contribution in [0.2, 0.25) is 0 Å². The molecule has 90 valence electrons. The molecule has 2 rings (SSSR count). The van der Waals surface area contributed by atoms with Crippen LogP contribution >= 0.6 is 0 Å². The van der Waals surface area contributed by atoms with Crippen LogP contribution in [0.25, 0.3) is 5.69 Å². The predicted molar refractivity (Wildman–Crippen MR) is 65.3 cm³/mol. The average molecular weight is 242 g/mol. The average Bonchev–Trinajstić information content (AvgIpc) is 2.64. The quantitative estimate of drug-likeness (QED) is 0.760. The lowest BCUT2D eigenvalue weighted by Crippen LogP contribution is -2.02. The number of hydrogen-bond donors (Lipinski definition) is 0. The Labute approximate surface area is 104 Å². The number of benzene rings is 1. The Bertz CT molecular complexity index is 665. The normalized spacial score (nSPS) is 10.1. The second-order valence-corrected chi connectivity index (χ2v) is 4.06. The number of aryl methyl sites for hydroxylation is 1. The van der Waals surface area contributed by atoms with Crippen LogP contribution in [-0.4, -0.2) is 10.9 Å². The summed E-state index contributed by atoms with van der Waals surface area (Å²) < 4.78 is 15.6. The minimum Gasteiger partial charge on any atom is -0.315 e. The zero-order chi connectivity index (χ0) is 13.3. The van der Waals surface area contributed by atoms with Gasteiger partial charge in [0.1, 0.15) is 5.82 Å². The lowest BCUT2D eigenvalue weighted by atomic mass is 10.2. The van der Waals surface area contributed by atoms with E-state index in [4.69, 9.17) is 5.26 Å². The first-order chi connectivity index (χ1) is 8.58. The summed E-state index contributed by atoms with van der Waals surface area (Å²) in [7, 11) is 0. The molecule has 0 spiro atoms. The maximum Gasteiger partial charge on any atom is 0.151 e. The van der Waals surface area contributed by atoms with Gasteiger partial charge in [-0.2, -0.15) is 5.26 Å². The van der Waals surface area contributed by atoms with Crippen molar-refractivity contribution >= 4 is 6.29 Å². The summed E-state index contributed by atoms with van der Waals surface area (Å²) in [6.07, 6.45) is 0.750. The van der Waals surface area contributed by atoms with Gasteiger partial charge < -0.3 is 4.57 Å². The molecule has 0 atom stereocenters. The van der Waals surface area contributed by atoms with E-state index in [1.807, 2.05) is 6.07 Å². The molecule has 1 aromatic carbocycles. The Morgan fingerprint density at radius 3 is 2.56 bits per heavy atom. The summed E-state index contributed by atoms with van der Waals surface area (Å²) in [5.74, 6) is -0.478. The zero-order valence-electron chi connectivity index (χ0n) is 10.1. The number of carbonyl (C=O) groups is 1. The predicted octanol–water partition coefficient (Wildman–Crippen LogP) is 2.92. The first-order valence-corrected chi connectivity index (χ1v) is 5.42. The molecule has 2 aromatic rings. The molecule has 0 unspecified atom stereocenters. The molecule has 1 aromatic heterocycles. The van der Waals surface area contributed by atoms with Crippen molar-refractivity contribution in [1.29, 1.82) is 5.26 Å². The van der Waals surface area contributed by atoms with E-state index in [1.54, 1.807) is 36.6 Å². The SMILES string of the molecule is Cc1cc(C=O)c(C)n1-c1ccc(C#N)cc1F. The Morgan fingerprint density at radius 2 is 2.06 bits per heavy atom. The highest BCUT2D eigenvalue weighted by atomic mass is 19.1. The molecule has 0 aliphatic carbocycles. The molecule has 4 heteroatoms. The van der Waals surface area contributed by atoms with E-state index in [-0.39, 0.29) is 5.56 Å². The van der Waals surface area contributed by atoms with E-state index < -0.39 is 5.82 Å². The summed E-state index contributed by atoms with van der Waals surface area (Å²) in [5, 5.41) is 8.71. The van der Waals surface area contributed by atoms with Gasteiger partial charge in [-0.1, -0.05) is 0 Å². The molecule has 1 heterocycles. The molecule has 0 amide bonds. The van der Waals surface area contributed by atoms with Crippen molar-refractivity contribution < 1.29 is 9.18 Å². The van der Waals surface area contributed by atoms with Gasteiger partial charge in [0.15, 0.2) is 6.29 Å². The molecule has 18 heavy (non-hydrogen) atoms. The van der Waals surface area contributed by atoms with Gasteiger partial charge in [-0.3, -0.25) is 4.79 Å². The van der Waals surface area contributed by atoms with E-state index in [0.29, 0.717) is 16.9 Å². The number of aromatic nitrogens is 1. The Morgan fingerprint density at radius 1 is 1.33 bits per heavy atom. The van der Waals surface area contributed by atoms with Gasteiger partial charge in [0.25, 0.3) is 0 Å². The summed E-state index contributed by atoms with van der Waals surface area (Å²) in [4.78, 5) is 10.9. The highest BCUT2D eigenvalue weighted by molar-refractivity contribution is 5.77. The zero-order valence-corrected chi connectivity index (χ0v) is 10.1. The topological polar surface area (TPSA) is 45.8 Å². The second-order valence-electron chi connectivity index (χ2n) is 4.06. The first kappa shape index (κ1) is 12.1. The lowest BCUT2D eigenvalue weighted by Gasteiger charge is -2.10. The van der Waals surface area contributed by atoms with Crippen LogP contribution < -0.4 is 0 Å². The Kier molecular flexibility index (Phi) is 2.99. The van der Waals surface area contributed by atoms with Crippen molar-refractivity contribution in [3.05, 3.63) is 52.6 Å². The fraction of sp³-hybridized carbons (Fsp3) is 0.143. The molecule has 0 radical (unpaired) electrons. The van der Waals surface area contributed by atoms with Crippen molar-refractivity contribution in [2.75, 3.05) is 0 Å². The summed E-state index contributed by atoms with van der Waals surface area (Å²) in [6.45, 7) is 3.56. The fourth-order valence-corrected chi connectivity index (χ4v) is 2.04. The third-order valence-electron chi connectivity index (χ3n) is 2.91. The second kappa shape index (κ2) is 4.46. The lowest BCUT2D eigenvalue weighted by molar-refractivity contribution is 0.112. The van der Waals surface area contributed by atoms with E-state index >= 15 is 0 Å². The van der Waals surface area contributed by atoms with Crippen molar-refractivity contribution in [3.8, 4) is 11.8 Å². The highest BCUT2D eigenvalue weighted by Gasteiger charge is 2.13. The van der Waals surface area contributed by atoms with Crippen LogP contribution in [0.5, 0.6) is 0 Å². The summed E-state index contributed by atoms with van der Waals surface area (Å²) >= 11 is 0. The van der Waals surface area contributed by atoms with Gasteiger partial charge in [-0.25, -0.2) is 4.39 Å². The molecule has 0 fully saturated rings. The van der Waals surface area contributed by atoms with Gasteiger partial charge in [-0.05, 0) is 38.1 Å². The maximum absolute atomic E-state index is 13.9. The van der Waals surface area contributed by atoms with E-state index in [9.17, 15) is 9.18 Å². The number of aldehydes is 1. The minimum atomic E-state index is -0.478. The van der Waals surface area contributed by atoms with E-state index in [0.717, 1.165) is 12.0 Å². The fourth-order valence-electron chi connectivity index (χ4n) is 2.04. The summed E-state index contributed by atoms with van der Waals surface area (Å²) in [5.41, 5.74) is 2.62. The van der Waals surface area contributed by atoms with Gasteiger partial charge >= 0.3 is 0 Å². The van der Waals surface area contributed by atoms with Gasteiger partial charge in [0.2, 0.25) is 0 Å². The van der Waals surface area contributed by atoms with Crippen molar-refractivity contribution in [1.82, 2.24) is 4.57 Å². The van der Waals surface area contributed by atoms with Gasteiger partial charge in [0, 0.05) is 17.0 Å². The molecule has 0 bridgehead atoms. The molecule has 0 saturated carbocycles. The number of nitrogens with zero attached hydrogens (tertiary/aromatic N) is 2. The minimum absolute atomic E-state index is 0.273. The smallest absolute Gasteiger partial charge is 0.151 e. The molecule has 0 aliphatic heterocycles. The largest absolute Gasteiger partial charge is 0.315 e. The van der Waals surface area contributed by atoms with Crippen LogP contribution in [0.1, 0.15) is 27.3 Å². The molecular weight excluding hydrogens is 231 g/mol. The highest BCUT2D eigenvalue weighted by Crippen LogP contribution is 2.22. The molecular formula is C14H11FN2O. The third kappa shape index (κ3) is 1.80. The number of halogens is 1. The van der Waals surface area contributed by atoms with Gasteiger partial charge in [-0.15, -0.1) is 0 Å². The van der Waals surface area contributed by atoms with Crippen LogP contribution in [0.3, 0.4) is 0 Å². The van der Waals surface area contributed by atoms with E-state index in [2.05, 4.69) is 0 Å². The van der Waals surface area contributed by atoms with Crippen LogP contribution in [0, 0.1) is 31.0 Å². The van der Waals surface area contributed by atoms with Crippen molar-refractivity contribution in [2.45, 2.75) is 13.8 Å². The number of rotatable bonds is 2. The number of nitriles is 1. The number of carbonyl (C=O) groups excluding carboxylic acids is 1. The number of hydrogen-bond acceptors (Lipinski definition) is 2. The van der Waals surface area contributed by atoms with Crippen molar-refractivity contribution in [2.24, 2.45) is 0 Å². The Balaban J connectivity index is 2.66. The molecule has 0 N–H and O–H groups in total. The maximum atomic E-state index is 13.9. The molecule has 0 aliphatic rings. The van der Waals surface area contributed by atoms with Crippen LogP contribution in [-0.2, 0) is 0 Å². The first-order valence-electron chi connectivity index (χ1n) is 5.42. The standard InChI is InChI=1S/C14H11FN2O/c1-9-5-12(8-18)10(2)17(9)14-4-3-11(7-16)6-13(14)15/h3-6,8H,1-2H3. The monoisotopic (exact) mass is 242 g/mol. The van der Waals surface area contributed by atoms with Gasteiger partial charge in [0.05, 0.1) is 17.3 Å². The van der Waals surface area contributed by atoms with Crippen molar-refractivity contribution in [3.63, 3.8) is 0 Å². The summed E-state index contributed by atoms with van der Waals surface area (Å²) in [6, 6.07) is 7.88. The van der Waals surface area contributed by atoms with Crippen LogP contribution in [0.4, 0.5) is 4.39 Å². The third-order valence-corrected chi connectivity index (χ3v) is 2.91. The Hall–Kier alpha value is -2.41. The van der Waals surface area contributed by atoms with Crippen LogP contribution in [0.15, 0.2) is 24.3 Å². The molecule has 3 nitrogen and oxygen atoms in total. The van der Waals surface area contributed by atoms with E-state index in [1.165, 1.54) is 6.07 Å².